The van der Waals surface area contributed by atoms with Crippen molar-refractivity contribution in [2.45, 2.75) is 27.2 Å². The minimum Gasteiger partial charge on any atom is -0.309 e. The Labute approximate surface area is 83.1 Å². The van der Waals surface area contributed by atoms with Gasteiger partial charge in [0.25, 0.3) is 0 Å². The van der Waals surface area contributed by atoms with Gasteiger partial charge in [-0.2, -0.15) is 0 Å². The van der Waals surface area contributed by atoms with E-state index in [9.17, 15) is 0 Å². The van der Waals surface area contributed by atoms with E-state index in [1.807, 2.05) is 0 Å². The van der Waals surface area contributed by atoms with Crippen LogP contribution in [0.25, 0.3) is 0 Å². The Morgan fingerprint density at radius 1 is 1.38 bits per heavy atom. The van der Waals surface area contributed by atoms with Crippen molar-refractivity contribution in [2.24, 2.45) is 5.92 Å². The first kappa shape index (κ1) is 12.4. The molecule has 0 spiro atoms. The van der Waals surface area contributed by atoms with E-state index in [0.717, 1.165) is 13.0 Å². The predicted molar refractivity (Wildman–Crippen MR) is 60.9 cm³/mol. The van der Waals surface area contributed by atoms with Crippen LogP contribution in [0.1, 0.15) is 27.2 Å². The molecule has 0 radical (unpaired) electrons. The second-order valence-corrected chi connectivity index (χ2v) is 4.27. The van der Waals surface area contributed by atoms with Crippen LogP contribution in [0, 0.1) is 5.92 Å². The van der Waals surface area contributed by atoms with Crippen LogP contribution in [0.15, 0.2) is 23.8 Å². The highest BCUT2D eigenvalue weighted by Crippen LogP contribution is 2.14. The Morgan fingerprint density at radius 3 is 2.23 bits per heavy atom. The van der Waals surface area contributed by atoms with Crippen LogP contribution in [0.5, 0.6) is 0 Å². The molecule has 0 aromatic rings. The Hall–Kier alpha value is -0.560. The zero-order chi connectivity index (χ0) is 10.4. The van der Waals surface area contributed by atoms with Gasteiger partial charge < -0.3 is 4.90 Å². The van der Waals surface area contributed by atoms with E-state index < -0.39 is 0 Å². The third-order valence-corrected chi connectivity index (χ3v) is 1.91. The summed E-state index contributed by atoms with van der Waals surface area (Å²) in [6, 6.07) is 0. The van der Waals surface area contributed by atoms with Gasteiger partial charge in [-0.15, -0.1) is 0 Å². The second-order valence-electron chi connectivity index (χ2n) is 4.27. The molecule has 13 heavy (non-hydrogen) atoms. The highest BCUT2D eigenvalue weighted by molar-refractivity contribution is 5.26. The minimum atomic E-state index is 0.619. The highest BCUT2D eigenvalue weighted by Gasteiger charge is 2.00. The van der Waals surface area contributed by atoms with E-state index >= 15 is 0 Å². The van der Waals surface area contributed by atoms with E-state index in [-0.39, 0.29) is 0 Å². The second kappa shape index (κ2) is 5.98. The first-order valence-corrected chi connectivity index (χ1v) is 4.94. The molecule has 76 valence electrons. The Balaban J connectivity index is 4.19. The molecular weight excluding hydrogens is 158 g/mol. The van der Waals surface area contributed by atoms with Crippen LogP contribution in [0.4, 0.5) is 0 Å². The number of hydrogen-bond donors (Lipinski definition) is 0. The minimum absolute atomic E-state index is 0.619. The van der Waals surface area contributed by atoms with E-state index in [1.165, 1.54) is 11.1 Å². The van der Waals surface area contributed by atoms with E-state index in [1.54, 1.807) is 0 Å². The Kier molecular flexibility index (Phi) is 5.72. The molecule has 0 heterocycles. The van der Waals surface area contributed by atoms with Crippen molar-refractivity contribution in [3.63, 3.8) is 0 Å². The van der Waals surface area contributed by atoms with E-state index in [2.05, 4.69) is 52.4 Å². The fraction of sp³-hybridized carbons (Fsp3) is 0.667. The van der Waals surface area contributed by atoms with Crippen molar-refractivity contribution in [3.8, 4) is 0 Å². The molecule has 0 aliphatic carbocycles. The first-order valence-electron chi connectivity index (χ1n) is 4.94. The van der Waals surface area contributed by atoms with Crippen LogP contribution in [0.2, 0.25) is 0 Å². The molecule has 0 rings (SSSR count). The molecule has 0 saturated carbocycles. The molecule has 0 aromatic carbocycles. The molecular formula is C12H23N. The van der Waals surface area contributed by atoms with Gasteiger partial charge in [-0.05, 0) is 38.9 Å². The average molecular weight is 181 g/mol. The fourth-order valence-electron chi connectivity index (χ4n) is 1.19. The van der Waals surface area contributed by atoms with Gasteiger partial charge in [0, 0.05) is 6.54 Å². The number of hydrogen-bond acceptors (Lipinski definition) is 1. The van der Waals surface area contributed by atoms with Crippen molar-refractivity contribution in [3.05, 3.63) is 23.8 Å². The van der Waals surface area contributed by atoms with Gasteiger partial charge in [0.1, 0.15) is 0 Å². The number of nitrogens with zero attached hydrogens (tertiary/aromatic N) is 1. The van der Waals surface area contributed by atoms with Crippen molar-refractivity contribution in [1.82, 2.24) is 4.90 Å². The van der Waals surface area contributed by atoms with Crippen molar-refractivity contribution in [1.29, 1.82) is 0 Å². The summed E-state index contributed by atoms with van der Waals surface area (Å²) in [5, 5.41) is 0. The van der Waals surface area contributed by atoms with Crippen LogP contribution in [-0.4, -0.2) is 25.5 Å². The molecule has 0 N–H and O–H groups in total. The summed E-state index contributed by atoms with van der Waals surface area (Å²) < 4.78 is 0. The highest BCUT2D eigenvalue weighted by atomic mass is 15.0. The molecule has 0 amide bonds. The lowest BCUT2D eigenvalue weighted by atomic mass is 10.0. The number of rotatable bonds is 5. The summed E-state index contributed by atoms with van der Waals surface area (Å²) in [7, 11) is 4.21. The summed E-state index contributed by atoms with van der Waals surface area (Å²) in [4.78, 5) is 2.21. The van der Waals surface area contributed by atoms with Crippen molar-refractivity contribution < 1.29 is 0 Å². The molecule has 0 unspecified atom stereocenters. The fourth-order valence-corrected chi connectivity index (χ4v) is 1.19. The molecule has 0 aliphatic rings. The molecule has 1 nitrogen and oxygen atoms in total. The topological polar surface area (TPSA) is 3.24 Å². The third kappa shape index (κ3) is 6.59. The van der Waals surface area contributed by atoms with Gasteiger partial charge in [-0.3, -0.25) is 0 Å². The summed E-state index contributed by atoms with van der Waals surface area (Å²) in [5.41, 5.74) is 2.61. The maximum Gasteiger partial charge on any atom is 0.00157 e. The van der Waals surface area contributed by atoms with Gasteiger partial charge in [-0.25, -0.2) is 0 Å². The largest absolute Gasteiger partial charge is 0.309 e. The smallest absolute Gasteiger partial charge is 0.00157 e. The SMILES string of the molecule is C=C(C)/C(=C/C(C)C)CCN(C)C. The van der Waals surface area contributed by atoms with E-state index in [4.69, 9.17) is 0 Å². The summed E-state index contributed by atoms with van der Waals surface area (Å²) in [6.45, 7) is 11.6. The van der Waals surface area contributed by atoms with Crippen LogP contribution >= 0.6 is 0 Å². The van der Waals surface area contributed by atoms with Crippen molar-refractivity contribution >= 4 is 0 Å². The molecule has 0 fully saturated rings. The molecule has 0 bridgehead atoms. The third-order valence-electron chi connectivity index (χ3n) is 1.91. The Morgan fingerprint density at radius 2 is 1.92 bits per heavy atom. The van der Waals surface area contributed by atoms with Gasteiger partial charge in [0.2, 0.25) is 0 Å². The normalized spacial score (nSPS) is 12.7. The number of allylic oxidation sites excluding steroid dienone is 2. The molecule has 0 aromatic heterocycles. The quantitative estimate of drug-likeness (QED) is 0.589. The Bertz CT molecular complexity index is 187. The van der Waals surface area contributed by atoms with Gasteiger partial charge in [0.05, 0.1) is 0 Å². The summed E-state index contributed by atoms with van der Waals surface area (Å²) >= 11 is 0. The average Bonchev–Trinajstić information content (AvgIpc) is 1.96. The maximum atomic E-state index is 4.00. The maximum absolute atomic E-state index is 4.00. The van der Waals surface area contributed by atoms with Crippen molar-refractivity contribution in [2.75, 3.05) is 20.6 Å². The molecule has 1 heteroatoms. The lowest BCUT2D eigenvalue weighted by molar-refractivity contribution is 0.413. The van der Waals surface area contributed by atoms with Crippen LogP contribution in [0.3, 0.4) is 0 Å². The first-order chi connectivity index (χ1) is 5.93. The zero-order valence-corrected chi connectivity index (χ0v) is 9.72. The zero-order valence-electron chi connectivity index (χ0n) is 9.72. The lowest BCUT2D eigenvalue weighted by Crippen LogP contribution is -2.13. The summed E-state index contributed by atoms with van der Waals surface area (Å²) in [6.07, 6.45) is 3.42. The van der Waals surface area contributed by atoms with Crippen LogP contribution in [-0.2, 0) is 0 Å². The van der Waals surface area contributed by atoms with Gasteiger partial charge in [0.15, 0.2) is 0 Å². The van der Waals surface area contributed by atoms with Crippen LogP contribution < -0.4 is 0 Å². The monoisotopic (exact) mass is 181 g/mol. The van der Waals surface area contributed by atoms with Gasteiger partial charge >= 0.3 is 0 Å². The van der Waals surface area contributed by atoms with E-state index in [0.29, 0.717) is 5.92 Å². The molecule has 0 aliphatic heterocycles. The molecule has 0 saturated heterocycles. The van der Waals surface area contributed by atoms with Gasteiger partial charge in [-0.1, -0.05) is 32.1 Å². The molecule has 0 atom stereocenters. The predicted octanol–water partition coefficient (Wildman–Crippen LogP) is 3.10. The summed E-state index contributed by atoms with van der Waals surface area (Å²) in [5.74, 6) is 0.619. The standard InChI is InChI=1S/C12H23N/c1-10(2)9-12(11(3)4)7-8-13(5)6/h9-10H,3,7-8H2,1-2,4-6H3/b12-9+. The lowest BCUT2D eigenvalue weighted by Gasteiger charge is -2.13.